The van der Waals surface area contributed by atoms with Gasteiger partial charge in [0.15, 0.2) is 23.0 Å². The smallest absolute Gasteiger partial charge is 0.220 e. The molecule has 0 saturated carbocycles. The minimum atomic E-state index is -0.0834. The molecule has 2 aromatic carbocycles. The maximum atomic E-state index is 12.2. The van der Waals surface area contributed by atoms with Crippen molar-refractivity contribution in [1.82, 2.24) is 5.32 Å². The molecule has 32 heavy (non-hydrogen) atoms. The number of aryl methyl sites for hydroxylation is 1. The molecule has 0 saturated heterocycles. The summed E-state index contributed by atoms with van der Waals surface area (Å²) in [5.41, 5.74) is 2.46. The van der Waals surface area contributed by atoms with E-state index in [1.165, 1.54) is 14.2 Å². The molecule has 6 nitrogen and oxygen atoms in total. The van der Waals surface area contributed by atoms with Crippen molar-refractivity contribution in [2.75, 3.05) is 14.2 Å². The van der Waals surface area contributed by atoms with Crippen molar-refractivity contribution < 1.29 is 24.5 Å². The van der Waals surface area contributed by atoms with Crippen molar-refractivity contribution >= 4 is 5.91 Å². The van der Waals surface area contributed by atoms with E-state index in [-0.39, 0.29) is 23.2 Å². The standard InChI is InChI=1S/C26H35NO5/c1-17(2)10-8-6-7-9-11-24(28)27-16-19-14-21(26(30)23(15-19)32-5)20-12-18(3)13-22(31-4)25(20)29/h8,10,12-15,17,29-30H,6-7,9,11,16H2,1-5H3,(H,27,28)/b10-8+. The van der Waals surface area contributed by atoms with E-state index in [0.29, 0.717) is 35.8 Å². The van der Waals surface area contributed by atoms with E-state index in [2.05, 4.69) is 31.3 Å². The summed E-state index contributed by atoms with van der Waals surface area (Å²) in [6.07, 6.45) is 7.60. The van der Waals surface area contributed by atoms with Gasteiger partial charge in [0.05, 0.1) is 14.2 Å². The summed E-state index contributed by atoms with van der Waals surface area (Å²) in [5.74, 6) is 0.965. The number of nitrogens with one attached hydrogen (secondary N) is 1. The lowest BCUT2D eigenvalue weighted by molar-refractivity contribution is -0.121. The van der Waals surface area contributed by atoms with E-state index >= 15 is 0 Å². The lowest BCUT2D eigenvalue weighted by atomic mass is 9.98. The number of carbonyl (C=O) groups excluding carboxylic acids is 1. The minimum absolute atomic E-state index is 0.0218. The van der Waals surface area contributed by atoms with Gasteiger partial charge >= 0.3 is 0 Å². The molecular formula is C26H35NO5. The SMILES string of the molecule is COc1cc(C)cc(-c2cc(CNC(=O)CCCC/C=C/C(C)C)cc(OC)c2O)c1O. The zero-order valence-corrected chi connectivity index (χ0v) is 19.7. The number of aromatic hydroxyl groups is 2. The lowest BCUT2D eigenvalue weighted by Crippen LogP contribution is -2.22. The first-order chi connectivity index (χ1) is 15.3. The predicted molar refractivity (Wildman–Crippen MR) is 127 cm³/mol. The van der Waals surface area contributed by atoms with E-state index in [0.717, 1.165) is 30.4 Å². The molecule has 0 unspecified atom stereocenters. The monoisotopic (exact) mass is 441 g/mol. The highest BCUT2D eigenvalue weighted by atomic mass is 16.5. The van der Waals surface area contributed by atoms with E-state index < -0.39 is 0 Å². The maximum absolute atomic E-state index is 12.2. The fourth-order valence-electron chi connectivity index (χ4n) is 3.44. The van der Waals surface area contributed by atoms with Crippen molar-refractivity contribution in [2.24, 2.45) is 5.92 Å². The first-order valence-electron chi connectivity index (χ1n) is 11.0. The highest BCUT2D eigenvalue weighted by Gasteiger charge is 2.18. The van der Waals surface area contributed by atoms with Gasteiger partial charge < -0.3 is 25.0 Å². The van der Waals surface area contributed by atoms with E-state index in [1.54, 1.807) is 24.3 Å². The summed E-state index contributed by atoms with van der Waals surface area (Å²) in [6.45, 7) is 6.46. The number of amides is 1. The van der Waals surface area contributed by atoms with Gasteiger partial charge in [0.2, 0.25) is 5.91 Å². The summed E-state index contributed by atoms with van der Waals surface area (Å²) >= 11 is 0. The van der Waals surface area contributed by atoms with Gasteiger partial charge in [-0.15, -0.1) is 0 Å². The molecule has 2 rings (SSSR count). The van der Waals surface area contributed by atoms with Gasteiger partial charge in [-0.3, -0.25) is 4.79 Å². The van der Waals surface area contributed by atoms with Crippen LogP contribution in [0.3, 0.4) is 0 Å². The molecule has 0 heterocycles. The Bertz CT molecular complexity index is 950. The number of phenolic OH excluding ortho intramolecular Hbond substituents is 2. The van der Waals surface area contributed by atoms with E-state index in [1.807, 2.05) is 6.92 Å². The Labute approximate surface area is 190 Å². The summed E-state index contributed by atoms with van der Waals surface area (Å²) in [6, 6.07) is 6.90. The Kier molecular flexibility index (Phi) is 9.44. The Balaban J connectivity index is 2.11. The largest absolute Gasteiger partial charge is 0.504 e. The van der Waals surface area contributed by atoms with Crippen LogP contribution in [-0.2, 0) is 11.3 Å². The Morgan fingerprint density at radius 1 is 1.00 bits per heavy atom. The normalized spacial score (nSPS) is 11.2. The van der Waals surface area contributed by atoms with Crippen molar-refractivity contribution in [3.63, 3.8) is 0 Å². The number of carbonyl (C=O) groups is 1. The second-order valence-electron chi connectivity index (χ2n) is 8.25. The zero-order valence-electron chi connectivity index (χ0n) is 19.7. The van der Waals surface area contributed by atoms with Gasteiger partial charge in [-0.25, -0.2) is 0 Å². The summed E-state index contributed by atoms with van der Waals surface area (Å²) in [7, 11) is 2.94. The molecule has 2 aromatic rings. The van der Waals surface area contributed by atoms with Crippen molar-refractivity contribution in [1.29, 1.82) is 0 Å². The molecule has 0 spiro atoms. The molecule has 0 fully saturated rings. The maximum Gasteiger partial charge on any atom is 0.220 e. The Morgan fingerprint density at radius 2 is 1.62 bits per heavy atom. The summed E-state index contributed by atoms with van der Waals surface area (Å²) < 4.78 is 10.6. The van der Waals surface area contributed by atoms with Crippen LogP contribution in [0.15, 0.2) is 36.4 Å². The van der Waals surface area contributed by atoms with Gasteiger partial charge in [-0.1, -0.05) is 26.0 Å². The minimum Gasteiger partial charge on any atom is -0.504 e. The average molecular weight is 442 g/mol. The molecule has 0 aliphatic carbocycles. The zero-order chi connectivity index (χ0) is 23.7. The molecular weight excluding hydrogens is 406 g/mol. The van der Waals surface area contributed by atoms with Crippen LogP contribution in [0.4, 0.5) is 0 Å². The number of phenols is 2. The third-order valence-electron chi connectivity index (χ3n) is 5.12. The number of unbranched alkanes of at least 4 members (excludes halogenated alkanes) is 2. The van der Waals surface area contributed by atoms with Crippen LogP contribution in [-0.4, -0.2) is 30.3 Å². The number of ether oxygens (including phenoxy) is 2. The highest BCUT2D eigenvalue weighted by molar-refractivity contribution is 5.81. The van der Waals surface area contributed by atoms with Crippen LogP contribution in [0.5, 0.6) is 23.0 Å². The first kappa shape index (κ1) is 25.1. The van der Waals surface area contributed by atoms with Gasteiger partial charge in [0.25, 0.3) is 0 Å². The number of benzene rings is 2. The van der Waals surface area contributed by atoms with Crippen molar-refractivity contribution in [3.8, 4) is 34.1 Å². The van der Waals surface area contributed by atoms with Gasteiger partial charge in [0, 0.05) is 24.1 Å². The van der Waals surface area contributed by atoms with E-state index in [4.69, 9.17) is 9.47 Å². The molecule has 0 aromatic heterocycles. The topological polar surface area (TPSA) is 88.0 Å². The number of rotatable bonds is 11. The van der Waals surface area contributed by atoms with Crippen LogP contribution in [0.25, 0.3) is 11.1 Å². The molecule has 0 atom stereocenters. The third-order valence-corrected chi connectivity index (χ3v) is 5.12. The number of allylic oxidation sites excluding steroid dienone is 2. The second-order valence-corrected chi connectivity index (χ2v) is 8.25. The summed E-state index contributed by atoms with van der Waals surface area (Å²) in [5, 5.41) is 24.2. The molecule has 0 bridgehead atoms. The number of hydrogen-bond acceptors (Lipinski definition) is 5. The molecule has 3 N–H and O–H groups in total. The van der Waals surface area contributed by atoms with Crippen molar-refractivity contribution in [2.45, 2.75) is 53.0 Å². The quantitative estimate of drug-likeness (QED) is 0.317. The predicted octanol–water partition coefficient (Wildman–Crippen LogP) is 5.48. The average Bonchev–Trinajstić information content (AvgIpc) is 2.76. The van der Waals surface area contributed by atoms with Gasteiger partial charge in [0.1, 0.15) is 0 Å². The third kappa shape index (κ3) is 6.94. The van der Waals surface area contributed by atoms with Crippen LogP contribution in [0, 0.1) is 12.8 Å². The van der Waals surface area contributed by atoms with Gasteiger partial charge in [-0.05, 0) is 67.5 Å². The van der Waals surface area contributed by atoms with Crippen LogP contribution >= 0.6 is 0 Å². The van der Waals surface area contributed by atoms with E-state index in [9.17, 15) is 15.0 Å². The van der Waals surface area contributed by atoms with Crippen LogP contribution in [0.2, 0.25) is 0 Å². The fraction of sp³-hybridized carbons (Fsp3) is 0.423. The van der Waals surface area contributed by atoms with Crippen molar-refractivity contribution in [3.05, 3.63) is 47.5 Å². The highest BCUT2D eigenvalue weighted by Crippen LogP contribution is 2.45. The molecule has 0 aliphatic rings. The molecule has 0 radical (unpaired) electrons. The molecule has 0 aliphatic heterocycles. The number of methoxy groups -OCH3 is 2. The second kappa shape index (κ2) is 12.0. The molecule has 6 heteroatoms. The Hall–Kier alpha value is -3.15. The van der Waals surface area contributed by atoms with Crippen LogP contribution < -0.4 is 14.8 Å². The molecule has 1 amide bonds. The molecule has 174 valence electrons. The first-order valence-corrected chi connectivity index (χ1v) is 11.0. The van der Waals surface area contributed by atoms with Crippen LogP contribution in [0.1, 0.15) is 50.7 Å². The lowest BCUT2D eigenvalue weighted by Gasteiger charge is -2.16. The number of hydrogen-bond donors (Lipinski definition) is 3. The fourth-order valence-corrected chi connectivity index (χ4v) is 3.44. The Morgan fingerprint density at radius 3 is 2.25 bits per heavy atom. The van der Waals surface area contributed by atoms with Gasteiger partial charge in [-0.2, -0.15) is 0 Å². The summed E-state index contributed by atoms with van der Waals surface area (Å²) in [4.78, 5) is 12.2.